The molecule has 0 spiro atoms. The Morgan fingerprint density at radius 2 is 1.76 bits per heavy atom. The third kappa shape index (κ3) is 6.54. The lowest BCUT2D eigenvalue weighted by atomic mass is 9.97. The molecule has 7 nitrogen and oxygen atoms in total. The van der Waals surface area contributed by atoms with Gasteiger partial charge < -0.3 is 5.32 Å². The minimum atomic E-state index is -3.72. The number of rotatable bonds is 8. The highest BCUT2D eigenvalue weighted by Gasteiger charge is 2.22. The summed E-state index contributed by atoms with van der Waals surface area (Å²) in [5.74, 6) is -0.168. The average Bonchev–Trinajstić information content (AvgIpc) is 2.64. The summed E-state index contributed by atoms with van der Waals surface area (Å²) in [6, 6.07) is 9.89. The Morgan fingerprint density at radius 1 is 1.14 bits per heavy atom. The van der Waals surface area contributed by atoms with Gasteiger partial charge in [0.1, 0.15) is 0 Å². The molecule has 2 rings (SSSR count). The third-order valence-electron chi connectivity index (χ3n) is 4.40. The van der Waals surface area contributed by atoms with Gasteiger partial charge in [-0.3, -0.25) is 14.9 Å². The van der Waals surface area contributed by atoms with E-state index in [1.54, 1.807) is 12.1 Å². The Bertz CT molecular complexity index is 1000. The number of hydrogen-bond donors (Lipinski definition) is 1. The minimum Gasteiger partial charge on any atom is -0.345 e. The lowest BCUT2D eigenvalue weighted by Crippen LogP contribution is -2.29. The van der Waals surface area contributed by atoms with Gasteiger partial charge in [-0.1, -0.05) is 37.6 Å². The molecule has 1 N–H and O–H groups in total. The van der Waals surface area contributed by atoms with Crippen LogP contribution in [0.2, 0.25) is 5.02 Å². The zero-order chi connectivity index (χ0) is 21.8. The molecule has 0 radical (unpaired) electrons. The summed E-state index contributed by atoms with van der Waals surface area (Å²) in [5.41, 5.74) is 0.309. The van der Waals surface area contributed by atoms with Gasteiger partial charge in [-0.15, -0.1) is 0 Å². The Kier molecular flexibility index (Phi) is 7.37. The van der Waals surface area contributed by atoms with Crippen LogP contribution in [-0.4, -0.2) is 25.5 Å². The quantitative estimate of drug-likeness (QED) is 0.480. The van der Waals surface area contributed by atoms with Crippen molar-refractivity contribution in [3.8, 4) is 0 Å². The van der Waals surface area contributed by atoms with Crippen LogP contribution >= 0.6 is 11.6 Å². The molecule has 0 aliphatic rings. The van der Waals surface area contributed by atoms with E-state index >= 15 is 0 Å². The third-order valence-corrected chi connectivity index (χ3v) is 5.75. The number of halogens is 1. The predicted molar refractivity (Wildman–Crippen MR) is 112 cm³/mol. The van der Waals surface area contributed by atoms with Gasteiger partial charge in [0.15, 0.2) is 9.84 Å². The second-order valence-electron chi connectivity index (χ2n) is 7.29. The maximum atomic E-state index is 12.8. The lowest BCUT2D eigenvalue weighted by molar-refractivity contribution is -0.385. The zero-order valence-electron chi connectivity index (χ0n) is 16.4. The highest BCUT2D eigenvalue weighted by Crippen LogP contribution is 2.25. The molecule has 1 unspecified atom stereocenters. The largest absolute Gasteiger partial charge is 0.345 e. The molecule has 0 aliphatic heterocycles. The Morgan fingerprint density at radius 3 is 2.28 bits per heavy atom. The number of nitro groups is 1. The number of amides is 1. The van der Waals surface area contributed by atoms with Crippen molar-refractivity contribution in [1.29, 1.82) is 0 Å². The summed E-state index contributed by atoms with van der Waals surface area (Å²) < 4.78 is 23.7. The van der Waals surface area contributed by atoms with E-state index in [1.165, 1.54) is 0 Å². The fourth-order valence-electron chi connectivity index (χ4n) is 2.79. The van der Waals surface area contributed by atoms with Crippen LogP contribution < -0.4 is 5.32 Å². The maximum absolute atomic E-state index is 12.8. The van der Waals surface area contributed by atoms with Crippen molar-refractivity contribution in [1.82, 2.24) is 5.32 Å². The van der Waals surface area contributed by atoms with Crippen LogP contribution in [-0.2, 0) is 9.84 Å². The minimum absolute atomic E-state index is 0.0804. The number of sulfone groups is 1. The van der Waals surface area contributed by atoms with Gasteiger partial charge in [0, 0.05) is 29.0 Å². The van der Waals surface area contributed by atoms with E-state index in [9.17, 15) is 23.3 Å². The smallest absolute Gasteiger partial charge is 0.271 e. The molecule has 0 aromatic heterocycles. The maximum Gasteiger partial charge on any atom is 0.271 e. The molecule has 29 heavy (non-hydrogen) atoms. The van der Waals surface area contributed by atoms with Crippen molar-refractivity contribution in [2.24, 2.45) is 5.92 Å². The summed E-state index contributed by atoms with van der Waals surface area (Å²) in [4.78, 5) is 23.0. The van der Waals surface area contributed by atoms with Crippen LogP contribution in [0.4, 0.5) is 5.69 Å². The van der Waals surface area contributed by atoms with Gasteiger partial charge >= 0.3 is 0 Å². The molecule has 0 aliphatic carbocycles. The number of hydrogen-bond acceptors (Lipinski definition) is 5. The first-order valence-electron chi connectivity index (χ1n) is 9.03. The van der Waals surface area contributed by atoms with Crippen LogP contribution in [0.5, 0.6) is 0 Å². The van der Waals surface area contributed by atoms with Crippen molar-refractivity contribution >= 4 is 33.0 Å². The predicted octanol–water partition coefficient (Wildman–Crippen LogP) is 4.56. The van der Waals surface area contributed by atoms with Gasteiger partial charge in [-0.2, -0.15) is 0 Å². The highest BCUT2D eigenvalue weighted by atomic mass is 35.5. The van der Waals surface area contributed by atoms with E-state index in [-0.39, 0.29) is 16.5 Å². The molecule has 2 aromatic carbocycles. The molecule has 156 valence electrons. The number of nitro benzene ring substituents is 1. The van der Waals surface area contributed by atoms with Crippen molar-refractivity contribution in [3.05, 3.63) is 68.7 Å². The van der Waals surface area contributed by atoms with Crippen molar-refractivity contribution in [2.75, 3.05) is 6.26 Å². The van der Waals surface area contributed by atoms with E-state index in [2.05, 4.69) is 19.2 Å². The molecule has 1 atom stereocenters. The Hall–Kier alpha value is -2.45. The molecular formula is C20H23ClN2O5S. The number of nitrogens with one attached hydrogen (secondary N) is 1. The highest BCUT2D eigenvalue weighted by molar-refractivity contribution is 7.90. The number of carbonyl (C=O) groups excluding carboxylic acids is 1. The van der Waals surface area contributed by atoms with E-state index < -0.39 is 26.4 Å². The molecule has 9 heteroatoms. The van der Waals surface area contributed by atoms with Gasteiger partial charge in [0.25, 0.3) is 11.6 Å². The van der Waals surface area contributed by atoms with E-state index in [0.717, 1.165) is 36.4 Å². The van der Waals surface area contributed by atoms with E-state index in [1.807, 2.05) is 12.1 Å². The van der Waals surface area contributed by atoms with E-state index in [0.29, 0.717) is 17.4 Å². The number of benzene rings is 2. The molecule has 0 saturated heterocycles. The summed E-state index contributed by atoms with van der Waals surface area (Å²) in [6.45, 7) is 4.14. The molecular weight excluding hydrogens is 416 g/mol. The second kappa shape index (κ2) is 9.37. The molecule has 2 aromatic rings. The van der Waals surface area contributed by atoms with Crippen LogP contribution in [0.1, 0.15) is 48.7 Å². The summed E-state index contributed by atoms with van der Waals surface area (Å²) in [5, 5.41) is 14.6. The number of carbonyl (C=O) groups is 1. The first kappa shape index (κ1) is 22.8. The van der Waals surface area contributed by atoms with Gasteiger partial charge in [0.2, 0.25) is 0 Å². The van der Waals surface area contributed by atoms with Crippen molar-refractivity contribution in [3.63, 3.8) is 0 Å². The first-order chi connectivity index (χ1) is 13.5. The fourth-order valence-corrected chi connectivity index (χ4v) is 3.59. The summed E-state index contributed by atoms with van der Waals surface area (Å²) in [7, 11) is -3.72. The normalized spacial score (nSPS) is 12.6. The molecule has 0 saturated carbocycles. The summed E-state index contributed by atoms with van der Waals surface area (Å²) >= 11 is 5.94. The summed E-state index contributed by atoms with van der Waals surface area (Å²) in [6.07, 6.45) is 2.43. The second-order valence-corrected chi connectivity index (χ2v) is 9.75. The Labute approximate surface area is 175 Å². The van der Waals surface area contributed by atoms with Crippen LogP contribution in [0.15, 0.2) is 47.4 Å². The SMILES string of the molecule is CC(C)CCC(NC(=O)c1cc([N+](=O)[O-])cc(S(C)(=O)=O)c1)c1ccc(Cl)cc1. The van der Waals surface area contributed by atoms with Gasteiger partial charge in [-0.25, -0.2) is 8.42 Å². The molecule has 1 amide bonds. The average molecular weight is 439 g/mol. The van der Waals surface area contributed by atoms with Crippen LogP contribution in [0.3, 0.4) is 0 Å². The number of nitrogens with zero attached hydrogens (tertiary/aromatic N) is 1. The Balaban J connectivity index is 2.38. The van der Waals surface area contributed by atoms with Crippen molar-refractivity contribution in [2.45, 2.75) is 37.6 Å². The molecule has 0 fully saturated rings. The zero-order valence-corrected chi connectivity index (χ0v) is 18.0. The molecule has 0 bridgehead atoms. The fraction of sp³-hybridized carbons (Fsp3) is 0.350. The topological polar surface area (TPSA) is 106 Å². The standard InChI is InChI=1S/C20H23ClN2O5S/c1-13(2)4-9-19(14-5-7-16(21)8-6-14)22-20(24)15-10-17(23(25)26)12-18(11-15)29(3,27)28/h5-8,10-13,19H,4,9H2,1-3H3,(H,22,24). The first-order valence-corrected chi connectivity index (χ1v) is 11.3. The van der Waals surface area contributed by atoms with Crippen LogP contribution in [0, 0.1) is 16.0 Å². The van der Waals surface area contributed by atoms with Crippen LogP contribution in [0.25, 0.3) is 0 Å². The number of non-ortho nitro benzene ring substituents is 1. The van der Waals surface area contributed by atoms with Crippen molar-refractivity contribution < 1.29 is 18.1 Å². The van der Waals surface area contributed by atoms with E-state index in [4.69, 9.17) is 11.6 Å². The lowest BCUT2D eigenvalue weighted by Gasteiger charge is -2.20. The monoisotopic (exact) mass is 438 g/mol. The van der Waals surface area contributed by atoms with Gasteiger partial charge in [-0.05, 0) is 42.5 Å². The van der Waals surface area contributed by atoms with Gasteiger partial charge in [0.05, 0.1) is 15.9 Å². The molecule has 0 heterocycles.